The maximum Gasteiger partial charge on any atom is 0.315 e. The Morgan fingerprint density at radius 3 is 2.60 bits per heavy atom. The number of nitrogens with one attached hydrogen (secondary N) is 2. The van der Waals surface area contributed by atoms with E-state index in [1.165, 1.54) is 0 Å². The van der Waals surface area contributed by atoms with Gasteiger partial charge >= 0.3 is 6.03 Å². The zero-order valence-electron chi connectivity index (χ0n) is 11.1. The van der Waals surface area contributed by atoms with Gasteiger partial charge in [0, 0.05) is 17.8 Å². The van der Waals surface area contributed by atoms with Crippen molar-refractivity contribution >= 4 is 17.6 Å². The van der Waals surface area contributed by atoms with Crippen LogP contribution in [0.2, 0.25) is 5.02 Å². The summed E-state index contributed by atoms with van der Waals surface area (Å²) >= 11 is 6.01. The highest BCUT2D eigenvalue weighted by Crippen LogP contribution is 2.14. The molecule has 0 aliphatic heterocycles. The average molecular weight is 291 g/mol. The fourth-order valence-corrected chi connectivity index (χ4v) is 1.76. The molecule has 2 amide bonds. The summed E-state index contributed by atoms with van der Waals surface area (Å²) in [6, 6.07) is 7.11. The van der Waals surface area contributed by atoms with Crippen LogP contribution in [0.3, 0.4) is 0 Å². The highest BCUT2D eigenvalue weighted by molar-refractivity contribution is 6.31. The zero-order chi connectivity index (χ0) is 14.4. The maximum atomic E-state index is 11.7. The zero-order valence-corrected chi connectivity index (χ0v) is 11.8. The molecule has 0 fully saturated rings. The lowest BCUT2D eigenvalue weighted by molar-refractivity contribution is 0.240. The van der Waals surface area contributed by atoms with Crippen molar-refractivity contribution in [3.05, 3.63) is 58.6 Å². The summed E-state index contributed by atoms with van der Waals surface area (Å²) in [5.41, 5.74) is 2.43. The lowest BCUT2D eigenvalue weighted by atomic mass is 10.2. The average Bonchev–Trinajstić information content (AvgIpc) is 2.46. The molecule has 2 rings (SSSR count). The lowest BCUT2D eigenvalue weighted by Crippen LogP contribution is -2.34. The van der Waals surface area contributed by atoms with Crippen LogP contribution in [0.15, 0.2) is 36.7 Å². The van der Waals surface area contributed by atoms with Crippen molar-refractivity contribution in [2.45, 2.75) is 20.0 Å². The molecule has 20 heavy (non-hydrogen) atoms. The van der Waals surface area contributed by atoms with E-state index in [4.69, 9.17) is 11.6 Å². The Hall–Kier alpha value is -2.14. The molecule has 2 N–H and O–H groups in total. The Balaban J connectivity index is 1.78. The van der Waals surface area contributed by atoms with Crippen LogP contribution in [0.4, 0.5) is 4.79 Å². The van der Waals surface area contributed by atoms with E-state index in [1.54, 1.807) is 18.5 Å². The Morgan fingerprint density at radius 1 is 1.15 bits per heavy atom. The first-order valence-electron chi connectivity index (χ1n) is 6.18. The van der Waals surface area contributed by atoms with Crippen LogP contribution in [-0.4, -0.2) is 16.0 Å². The first-order valence-corrected chi connectivity index (χ1v) is 6.55. The number of carbonyl (C=O) groups is 1. The third-order valence-electron chi connectivity index (χ3n) is 2.66. The largest absolute Gasteiger partial charge is 0.334 e. The number of aryl methyl sites for hydroxylation is 1. The van der Waals surface area contributed by atoms with E-state index in [9.17, 15) is 4.79 Å². The molecular formula is C14H15ClN4O. The molecule has 5 nitrogen and oxygen atoms in total. The van der Waals surface area contributed by atoms with E-state index in [0.29, 0.717) is 23.8 Å². The van der Waals surface area contributed by atoms with Crippen molar-refractivity contribution in [2.75, 3.05) is 0 Å². The SMILES string of the molecule is Cc1cnc(CNC(=O)NCc2ccccc2Cl)cn1. The van der Waals surface area contributed by atoms with Crippen LogP contribution in [0, 0.1) is 6.92 Å². The number of halogens is 1. The molecule has 0 saturated heterocycles. The van der Waals surface area contributed by atoms with Crippen LogP contribution in [0.1, 0.15) is 17.0 Å². The lowest BCUT2D eigenvalue weighted by Gasteiger charge is -2.08. The van der Waals surface area contributed by atoms with Gasteiger partial charge < -0.3 is 10.6 Å². The quantitative estimate of drug-likeness (QED) is 0.909. The molecule has 1 aromatic carbocycles. The van der Waals surface area contributed by atoms with Gasteiger partial charge in [-0.1, -0.05) is 29.8 Å². The number of urea groups is 1. The van der Waals surface area contributed by atoms with Gasteiger partial charge in [-0.05, 0) is 18.6 Å². The second kappa shape index (κ2) is 6.86. The molecule has 1 heterocycles. The number of amides is 2. The fraction of sp³-hybridized carbons (Fsp3) is 0.214. The molecule has 0 spiro atoms. The summed E-state index contributed by atoms with van der Waals surface area (Å²) < 4.78 is 0. The van der Waals surface area contributed by atoms with E-state index >= 15 is 0 Å². The first-order chi connectivity index (χ1) is 9.65. The van der Waals surface area contributed by atoms with E-state index in [2.05, 4.69) is 20.6 Å². The van der Waals surface area contributed by atoms with Crippen molar-refractivity contribution in [1.82, 2.24) is 20.6 Å². The second-order valence-corrected chi connectivity index (χ2v) is 4.68. The van der Waals surface area contributed by atoms with E-state index < -0.39 is 0 Å². The van der Waals surface area contributed by atoms with Gasteiger partial charge in [-0.25, -0.2) is 4.79 Å². The second-order valence-electron chi connectivity index (χ2n) is 4.28. The van der Waals surface area contributed by atoms with Gasteiger partial charge in [-0.3, -0.25) is 9.97 Å². The van der Waals surface area contributed by atoms with Crippen molar-refractivity contribution in [2.24, 2.45) is 0 Å². The Bertz CT molecular complexity index is 586. The van der Waals surface area contributed by atoms with Crippen molar-refractivity contribution in [3.63, 3.8) is 0 Å². The van der Waals surface area contributed by atoms with Crippen LogP contribution in [0.5, 0.6) is 0 Å². The molecular weight excluding hydrogens is 276 g/mol. The van der Waals surface area contributed by atoms with E-state index in [1.807, 2.05) is 25.1 Å². The minimum absolute atomic E-state index is 0.271. The number of nitrogens with zero attached hydrogens (tertiary/aromatic N) is 2. The smallest absolute Gasteiger partial charge is 0.315 e. The molecule has 104 valence electrons. The molecule has 1 aromatic heterocycles. The molecule has 2 aromatic rings. The predicted molar refractivity (Wildman–Crippen MR) is 77.3 cm³/mol. The number of benzene rings is 1. The summed E-state index contributed by atoms with van der Waals surface area (Å²) in [6.45, 7) is 2.58. The van der Waals surface area contributed by atoms with Crippen LogP contribution < -0.4 is 10.6 Å². The molecule has 0 bridgehead atoms. The predicted octanol–water partition coefficient (Wildman–Crippen LogP) is 2.44. The van der Waals surface area contributed by atoms with Gasteiger partial charge in [-0.2, -0.15) is 0 Å². The number of carbonyl (C=O) groups excluding carboxylic acids is 1. The van der Waals surface area contributed by atoms with Crippen molar-refractivity contribution in [1.29, 1.82) is 0 Å². The van der Waals surface area contributed by atoms with Gasteiger partial charge in [0.05, 0.1) is 24.1 Å². The standard InChI is InChI=1S/C14H15ClN4O/c1-10-6-17-12(8-16-10)9-19-14(20)18-7-11-4-2-3-5-13(11)15/h2-6,8H,7,9H2,1H3,(H2,18,19,20). The monoisotopic (exact) mass is 290 g/mol. The van der Waals surface area contributed by atoms with Gasteiger partial charge in [0.25, 0.3) is 0 Å². The molecule has 0 saturated carbocycles. The third kappa shape index (κ3) is 4.20. The number of hydrogen-bond donors (Lipinski definition) is 2. The summed E-state index contributed by atoms with van der Waals surface area (Å²) in [5.74, 6) is 0. The Morgan fingerprint density at radius 2 is 1.90 bits per heavy atom. The van der Waals surface area contributed by atoms with Gasteiger partial charge in [0.2, 0.25) is 0 Å². The number of hydrogen-bond acceptors (Lipinski definition) is 3. The molecule has 0 unspecified atom stereocenters. The highest BCUT2D eigenvalue weighted by atomic mass is 35.5. The van der Waals surface area contributed by atoms with Gasteiger partial charge in [0.1, 0.15) is 0 Å². The minimum Gasteiger partial charge on any atom is -0.334 e. The first kappa shape index (κ1) is 14.3. The Labute approximate surface area is 122 Å². The third-order valence-corrected chi connectivity index (χ3v) is 3.03. The molecule has 0 aliphatic carbocycles. The van der Waals surface area contributed by atoms with Crippen LogP contribution in [-0.2, 0) is 13.1 Å². The maximum absolute atomic E-state index is 11.7. The summed E-state index contributed by atoms with van der Waals surface area (Å²) in [4.78, 5) is 19.9. The summed E-state index contributed by atoms with van der Waals surface area (Å²) in [5, 5.41) is 6.09. The van der Waals surface area contributed by atoms with Crippen molar-refractivity contribution in [3.8, 4) is 0 Å². The summed E-state index contributed by atoms with van der Waals surface area (Å²) in [6.07, 6.45) is 3.31. The molecule has 0 radical (unpaired) electrons. The van der Waals surface area contributed by atoms with Gasteiger partial charge in [0.15, 0.2) is 0 Å². The highest BCUT2D eigenvalue weighted by Gasteiger charge is 2.03. The topological polar surface area (TPSA) is 66.9 Å². The van der Waals surface area contributed by atoms with E-state index in [-0.39, 0.29) is 6.03 Å². The van der Waals surface area contributed by atoms with Crippen molar-refractivity contribution < 1.29 is 4.79 Å². The van der Waals surface area contributed by atoms with Crippen LogP contribution in [0.25, 0.3) is 0 Å². The van der Waals surface area contributed by atoms with Gasteiger partial charge in [-0.15, -0.1) is 0 Å². The normalized spacial score (nSPS) is 10.1. The van der Waals surface area contributed by atoms with Crippen LogP contribution >= 0.6 is 11.6 Å². The molecule has 0 aliphatic rings. The number of aromatic nitrogens is 2. The number of rotatable bonds is 4. The summed E-state index contributed by atoms with van der Waals surface area (Å²) in [7, 11) is 0. The Kier molecular flexibility index (Phi) is 4.90. The molecule has 6 heteroatoms. The fourth-order valence-electron chi connectivity index (χ4n) is 1.56. The minimum atomic E-state index is -0.271. The molecule has 0 atom stereocenters. The van der Waals surface area contributed by atoms with E-state index in [0.717, 1.165) is 11.3 Å².